The first-order valence-corrected chi connectivity index (χ1v) is 8.77. The summed E-state index contributed by atoms with van der Waals surface area (Å²) in [5.41, 5.74) is 6.71. The highest BCUT2D eigenvalue weighted by Crippen LogP contribution is 2.07. The van der Waals surface area contributed by atoms with E-state index in [2.05, 4.69) is 15.9 Å². The van der Waals surface area contributed by atoms with Gasteiger partial charge in [-0.15, -0.1) is 12.4 Å². The van der Waals surface area contributed by atoms with E-state index in [4.69, 9.17) is 5.73 Å². The highest BCUT2D eigenvalue weighted by molar-refractivity contribution is 9.10. The van der Waals surface area contributed by atoms with E-state index in [0.717, 1.165) is 10.9 Å². The van der Waals surface area contributed by atoms with Gasteiger partial charge in [-0.25, -0.2) is 0 Å². The summed E-state index contributed by atoms with van der Waals surface area (Å²) in [6.45, 7) is 1.95. The quantitative estimate of drug-likeness (QED) is 0.702. The number of pyridine rings is 1. The molecule has 0 fully saturated rings. The van der Waals surface area contributed by atoms with E-state index in [1.807, 2.05) is 30.3 Å². The van der Waals surface area contributed by atoms with E-state index in [0.29, 0.717) is 26.2 Å². The summed E-state index contributed by atoms with van der Waals surface area (Å²) in [4.78, 5) is 26.0. The number of carbonyl (C=O) groups excluding carboxylic acids is 1. The van der Waals surface area contributed by atoms with E-state index < -0.39 is 0 Å². The summed E-state index contributed by atoms with van der Waals surface area (Å²) in [7, 11) is 0. The predicted octanol–water partition coefficient (Wildman–Crippen LogP) is 2.45. The van der Waals surface area contributed by atoms with Crippen LogP contribution in [0.5, 0.6) is 0 Å². The molecule has 1 heterocycles. The number of hydrogen-bond donors (Lipinski definition) is 1. The Morgan fingerprint density at radius 3 is 2.52 bits per heavy atom. The molecule has 5 nitrogen and oxygen atoms in total. The lowest BCUT2D eigenvalue weighted by molar-refractivity contribution is -0.131. The zero-order chi connectivity index (χ0) is 17.4. The largest absolute Gasteiger partial charge is 0.341 e. The lowest BCUT2D eigenvalue weighted by Crippen LogP contribution is -2.37. The first-order valence-electron chi connectivity index (χ1n) is 7.98. The molecule has 7 heteroatoms. The molecule has 0 saturated carbocycles. The van der Waals surface area contributed by atoms with Crippen molar-refractivity contribution in [2.24, 2.45) is 5.73 Å². The highest BCUT2D eigenvalue weighted by Gasteiger charge is 2.13. The molecule has 0 aliphatic carbocycles. The number of carbonyl (C=O) groups is 1. The van der Waals surface area contributed by atoms with Crippen molar-refractivity contribution >= 4 is 34.2 Å². The SMILES string of the molecule is Cl.NCCN(CCc1ccccc1)C(=O)CCn1cc(Br)ccc1=O. The summed E-state index contributed by atoms with van der Waals surface area (Å²) in [5, 5.41) is 0. The monoisotopic (exact) mass is 427 g/mol. The minimum absolute atomic E-state index is 0. The Labute approximate surface area is 162 Å². The van der Waals surface area contributed by atoms with Gasteiger partial charge >= 0.3 is 0 Å². The van der Waals surface area contributed by atoms with Gasteiger partial charge in [0.25, 0.3) is 5.56 Å². The highest BCUT2D eigenvalue weighted by atomic mass is 79.9. The molecule has 136 valence electrons. The fraction of sp³-hybridized carbons (Fsp3) is 0.333. The standard InChI is InChI=1S/C18H22BrN3O2.ClH/c19-16-6-7-17(23)22(14-16)12-9-18(24)21(13-10-20)11-8-15-4-2-1-3-5-15;/h1-7,14H,8-13,20H2;1H. The van der Waals surface area contributed by atoms with Crippen LogP contribution in [0.25, 0.3) is 0 Å². The minimum Gasteiger partial charge on any atom is -0.341 e. The van der Waals surface area contributed by atoms with Crippen molar-refractivity contribution in [3.05, 3.63) is 69.1 Å². The van der Waals surface area contributed by atoms with Crippen LogP contribution in [0.4, 0.5) is 0 Å². The average Bonchev–Trinajstić information content (AvgIpc) is 2.60. The number of aromatic nitrogens is 1. The number of hydrogen-bond acceptors (Lipinski definition) is 3. The minimum atomic E-state index is -0.110. The van der Waals surface area contributed by atoms with Crippen LogP contribution in [0.1, 0.15) is 12.0 Å². The second kappa shape index (κ2) is 11.1. The van der Waals surface area contributed by atoms with Crippen LogP contribution in [0, 0.1) is 0 Å². The number of aryl methyl sites for hydroxylation is 1. The molecule has 2 aromatic rings. The second-order valence-electron chi connectivity index (χ2n) is 5.53. The van der Waals surface area contributed by atoms with Crippen molar-refractivity contribution < 1.29 is 4.79 Å². The van der Waals surface area contributed by atoms with Crippen LogP contribution in [-0.4, -0.2) is 35.0 Å². The van der Waals surface area contributed by atoms with Crippen LogP contribution in [0.2, 0.25) is 0 Å². The van der Waals surface area contributed by atoms with Crippen LogP contribution in [0.15, 0.2) is 57.9 Å². The van der Waals surface area contributed by atoms with Crippen LogP contribution in [0.3, 0.4) is 0 Å². The van der Waals surface area contributed by atoms with Gasteiger partial charge in [-0.1, -0.05) is 30.3 Å². The Hall–Kier alpha value is -1.63. The van der Waals surface area contributed by atoms with Crippen LogP contribution in [-0.2, 0) is 17.8 Å². The lowest BCUT2D eigenvalue weighted by Gasteiger charge is -2.22. The van der Waals surface area contributed by atoms with Gasteiger partial charge in [-0.2, -0.15) is 0 Å². The molecule has 0 radical (unpaired) electrons. The molecule has 0 aliphatic rings. The maximum atomic E-state index is 12.5. The number of benzene rings is 1. The lowest BCUT2D eigenvalue weighted by atomic mass is 10.1. The van der Waals surface area contributed by atoms with Gasteiger partial charge in [-0.05, 0) is 34.0 Å². The first-order chi connectivity index (χ1) is 11.6. The number of rotatable bonds is 8. The van der Waals surface area contributed by atoms with Gasteiger partial charge < -0.3 is 15.2 Å². The Balaban J connectivity index is 0.00000312. The molecule has 0 bridgehead atoms. The summed E-state index contributed by atoms with van der Waals surface area (Å²) >= 11 is 3.34. The van der Waals surface area contributed by atoms with Crippen LogP contribution >= 0.6 is 28.3 Å². The predicted molar refractivity (Wildman–Crippen MR) is 106 cm³/mol. The van der Waals surface area contributed by atoms with E-state index in [-0.39, 0.29) is 30.3 Å². The summed E-state index contributed by atoms with van der Waals surface area (Å²) in [5.74, 6) is 0.0169. The summed E-state index contributed by atoms with van der Waals surface area (Å²) in [6, 6.07) is 13.2. The van der Waals surface area contributed by atoms with Crippen molar-refractivity contribution in [1.82, 2.24) is 9.47 Å². The van der Waals surface area contributed by atoms with E-state index >= 15 is 0 Å². The number of halogens is 2. The molecule has 1 amide bonds. The smallest absolute Gasteiger partial charge is 0.250 e. The normalized spacial score (nSPS) is 10.2. The molecular formula is C18H23BrClN3O2. The van der Waals surface area contributed by atoms with Crippen molar-refractivity contribution in [2.45, 2.75) is 19.4 Å². The molecule has 0 atom stereocenters. The number of nitrogens with two attached hydrogens (primary N) is 1. The number of amides is 1. The molecule has 1 aromatic heterocycles. The first kappa shape index (κ1) is 21.4. The Morgan fingerprint density at radius 1 is 1.12 bits per heavy atom. The zero-order valence-corrected chi connectivity index (χ0v) is 16.3. The second-order valence-corrected chi connectivity index (χ2v) is 6.45. The fourth-order valence-electron chi connectivity index (χ4n) is 2.48. The topological polar surface area (TPSA) is 68.3 Å². The van der Waals surface area contributed by atoms with E-state index in [1.54, 1.807) is 21.7 Å². The van der Waals surface area contributed by atoms with Gasteiger partial charge in [0.2, 0.25) is 5.91 Å². The molecule has 25 heavy (non-hydrogen) atoms. The molecule has 2 rings (SSSR count). The van der Waals surface area contributed by atoms with Crippen LogP contribution < -0.4 is 11.3 Å². The maximum absolute atomic E-state index is 12.5. The van der Waals surface area contributed by atoms with Gasteiger partial charge in [0.15, 0.2) is 0 Å². The third-order valence-corrected chi connectivity index (χ3v) is 4.25. The zero-order valence-electron chi connectivity index (χ0n) is 13.9. The van der Waals surface area contributed by atoms with Crippen molar-refractivity contribution in [3.8, 4) is 0 Å². The van der Waals surface area contributed by atoms with Gasteiger partial charge in [0.05, 0.1) is 0 Å². The van der Waals surface area contributed by atoms with Crippen molar-refractivity contribution in [3.63, 3.8) is 0 Å². The fourth-order valence-corrected chi connectivity index (χ4v) is 2.86. The Morgan fingerprint density at radius 2 is 1.84 bits per heavy atom. The van der Waals surface area contributed by atoms with Gasteiger partial charge in [-0.3, -0.25) is 9.59 Å². The number of nitrogens with zero attached hydrogens (tertiary/aromatic N) is 2. The van der Waals surface area contributed by atoms with E-state index in [9.17, 15) is 9.59 Å². The molecule has 0 aliphatic heterocycles. The summed E-state index contributed by atoms with van der Waals surface area (Å²) < 4.78 is 2.36. The molecule has 2 N–H and O–H groups in total. The molecule has 0 saturated heterocycles. The van der Waals surface area contributed by atoms with E-state index in [1.165, 1.54) is 11.6 Å². The Kier molecular flexibility index (Phi) is 9.49. The van der Waals surface area contributed by atoms with Gasteiger partial charge in [0, 0.05) is 49.3 Å². The third kappa shape index (κ3) is 7.02. The molecule has 0 spiro atoms. The molecular weight excluding hydrogens is 406 g/mol. The van der Waals surface area contributed by atoms with Crippen molar-refractivity contribution in [2.75, 3.05) is 19.6 Å². The average molecular weight is 429 g/mol. The third-order valence-electron chi connectivity index (χ3n) is 3.78. The maximum Gasteiger partial charge on any atom is 0.250 e. The molecule has 1 aromatic carbocycles. The summed E-state index contributed by atoms with van der Waals surface area (Å²) in [6.07, 6.45) is 2.78. The van der Waals surface area contributed by atoms with Crippen molar-refractivity contribution in [1.29, 1.82) is 0 Å². The Bertz CT molecular complexity index is 722. The van der Waals surface area contributed by atoms with Gasteiger partial charge in [0.1, 0.15) is 0 Å². The molecule has 0 unspecified atom stereocenters.